The summed E-state index contributed by atoms with van der Waals surface area (Å²) in [5, 5.41) is 0. The van der Waals surface area contributed by atoms with Crippen LogP contribution in [0.5, 0.6) is 0 Å². The molecule has 5 heavy (non-hydrogen) atoms. The zero-order chi connectivity index (χ0) is 3.58. The Hall–Kier alpha value is 1.42. The highest BCUT2D eigenvalue weighted by Crippen LogP contribution is 2.05. The van der Waals surface area contributed by atoms with Crippen LogP contribution < -0.4 is 6.15 Å². The molecule has 0 unspecified atom stereocenters. The Morgan fingerprint density at radius 1 is 1.40 bits per heavy atom. The molecule has 0 aromatic carbocycles. The molecule has 0 saturated carbocycles. The van der Waals surface area contributed by atoms with E-state index < -0.39 is 0 Å². The van der Waals surface area contributed by atoms with Gasteiger partial charge in [0.05, 0.1) is 1.93 Å². The predicted molar refractivity (Wildman–Crippen MR) is 42.5 cm³/mol. The van der Waals surface area contributed by atoms with Crippen molar-refractivity contribution in [2.45, 2.75) is 8.86 Å². The van der Waals surface area contributed by atoms with Crippen LogP contribution in [0.3, 0.4) is 0 Å². The number of alkyl halides is 2. The van der Waals surface area contributed by atoms with E-state index in [9.17, 15) is 0 Å². The highest BCUT2D eigenvalue weighted by Gasteiger charge is 1.73. The second-order valence-electron chi connectivity index (χ2n) is 0.519. The van der Waals surface area contributed by atoms with E-state index >= 15 is 0 Å². The van der Waals surface area contributed by atoms with Crippen LogP contribution >= 0.6 is 45.2 Å². The summed E-state index contributed by atoms with van der Waals surface area (Å²) in [6.45, 7) is 2.14. The minimum atomic E-state index is 0. The zero-order valence-corrected chi connectivity index (χ0v) is 7.36. The molecule has 34 valence electrons. The van der Waals surface area contributed by atoms with Crippen molar-refractivity contribution < 1.29 is 0 Å². The zero-order valence-electron chi connectivity index (χ0n) is 3.04. The van der Waals surface area contributed by atoms with E-state index in [0.717, 1.165) is 1.93 Å². The summed E-state index contributed by atoms with van der Waals surface area (Å²) in [7, 11) is 0. The minimum absolute atomic E-state index is 0. The molecule has 1 nitrogen and oxygen atoms in total. The maximum atomic E-state index is 2.33. The molecule has 0 aromatic heterocycles. The van der Waals surface area contributed by atoms with Gasteiger partial charge in [0.25, 0.3) is 0 Å². The van der Waals surface area contributed by atoms with Gasteiger partial charge in [0.2, 0.25) is 0 Å². The Bertz CT molecular complexity index is 12.4. The molecule has 0 aliphatic rings. The summed E-state index contributed by atoms with van der Waals surface area (Å²) in [5.41, 5.74) is 0. The molecule has 0 spiro atoms. The first kappa shape index (κ1) is 9.65. The van der Waals surface area contributed by atoms with Gasteiger partial charge in [0.1, 0.15) is 0 Å². The molecular weight excluding hydrogens is 292 g/mol. The van der Waals surface area contributed by atoms with Crippen LogP contribution in [0.2, 0.25) is 0 Å². The summed E-state index contributed by atoms with van der Waals surface area (Å²) >= 11 is 4.66. The third kappa shape index (κ3) is 31.4. The van der Waals surface area contributed by atoms with Gasteiger partial charge >= 0.3 is 0 Å². The van der Waals surface area contributed by atoms with Crippen LogP contribution in [0.1, 0.15) is 6.92 Å². The second kappa shape index (κ2) is 5.42. The molecule has 0 heterocycles. The number of hydrogen-bond acceptors (Lipinski definition) is 1. The van der Waals surface area contributed by atoms with E-state index in [-0.39, 0.29) is 6.15 Å². The highest BCUT2D eigenvalue weighted by atomic mass is 127. The molecule has 0 radical (unpaired) electrons. The molecule has 3 N–H and O–H groups in total. The number of rotatable bonds is 0. The van der Waals surface area contributed by atoms with Crippen molar-refractivity contribution >= 4 is 45.2 Å². The quantitative estimate of drug-likeness (QED) is 0.541. The fraction of sp³-hybridized carbons (Fsp3) is 1.00. The number of halogens is 2. The molecule has 0 atom stereocenters. The van der Waals surface area contributed by atoms with Gasteiger partial charge in [0.15, 0.2) is 0 Å². The standard InChI is InChI=1S/C2H4I2.H3N/c1-2(3)4;/h2H,1H3;1H3. The Morgan fingerprint density at radius 3 is 1.40 bits per heavy atom. The van der Waals surface area contributed by atoms with Gasteiger partial charge in [-0.2, -0.15) is 0 Å². The second-order valence-corrected chi connectivity index (χ2v) is 6.64. The average Bonchev–Trinajstić information content (AvgIpc) is 0.811. The fourth-order valence-corrected chi connectivity index (χ4v) is 0. The van der Waals surface area contributed by atoms with Gasteiger partial charge in [-0.15, -0.1) is 0 Å². The molecule has 0 rings (SSSR count). The van der Waals surface area contributed by atoms with Gasteiger partial charge in [-0.3, -0.25) is 0 Å². The average molecular weight is 299 g/mol. The molecule has 0 saturated heterocycles. The molecule has 0 fully saturated rings. The Labute approximate surface area is 59.8 Å². The summed E-state index contributed by atoms with van der Waals surface area (Å²) in [6.07, 6.45) is 0. The van der Waals surface area contributed by atoms with Crippen molar-refractivity contribution in [3.8, 4) is 0 Å². The predicted octanol–water partition coefficient (Wildman–Crippen LogP) is 2.36. The summed E-state index contributed by atoms with van der Waals surface area (Å²) < 4.78 is 0.773. The first-order valence-electron chi connectivity index (χ1n) is 1.01. The maximum Gasteiger partial charge on any atom is 0.0598 e. The van der Waals surface area contributed by atoms with Crippen molar-refractivity contribution in [3.05, 3.63) is 0 Å². The molecular formula is C2H7I2N. The van der Waals surface area contributed by atoms with Gasteiger partial charge in [-0.05, 0) is 6.92 Å². The van der Waals surface area contributed by atoms with E-state index in [4.69, 9.17) is 0 Å². The van der Waals surface area contributed by atoms with Gasteiger partial charge in [0, 0.05) is 0 Å². The normalized spacial score (nSPS) is 7.20. The smallest absolute Gasteiger partial charge is 0.0598 e. The Balaban J connectivity index is 0. The summed E-state index contributed by atoms with van der Waals surface area (Å²) in [5.74, 6) is 0. The van der Waals surface area contributed by atoms with Crippen LogP contribution in [-0.2, 0) is 0 Å². The molecule has 0 aliphatic heterocycles. The van der Waals surface area contributed by atoms with Crippen molar-refractivity contribution in [1.29, 1.82) is 0 Å². The van der Waals surface area contributed by atoms with E-state index in [2.05, 4.69) is 52.1 Å². The topological polar surface area (TPSA) is 35.0 Å². The Kier molecular flexibility index (Phi) is 10.5. The van der Waals surface area contributed by atoms with E-state index in [1.807, 2.05) is 0 Å². The van der Waals surface area contributed by atoms with Gasteiger partial charge in [-0.1, -0.05) is 45.2 Å². The molecule has 0 aliphatic carbocycles. The summed E-state index contributed by atoms with van der Waals surface area (Å²) in [6, 6.07) is 0. The minimum Gasteiger partial charge on any atom is -0.344 e. The van der Waals surface area contributed by atoms with Gasteiger partial charge in [-0.25, -0.2) is 0 Å². The molecule has 0 amide bonds. The Morgan fingerprint density at radius 2 is 1.40 bits per heavy atom. The van der Waals surface area contributed by atoms with E-state index in [1.54, 1.807) is 0 Å². The monoisotopic (exact) mass is 299 g/mol. The molecule has 0 aromatic rings. The van der Waals surface area contributed by atoms with Crippen LogP contribution in [0.4, 0.5) is 0 Å². The van der Waals surface area contributed by atoms with Crippen molar-refractivity contribution in [2.75, 3.05) is 0 Å². The lowest BCUT2D eigenvalue weighted by Gasteiger charge is -1.73. The maximum absolute atomic E-state index is 2.33. The first-order chi connectivity index (χ1) is 1.73. The van der Waals surface area contributed by atoms with Crippen LogP contribution in [0.15, 0.2) is 0 Å². The van der Waals surface area contributed by atoms with Gasteiger partial charge < -0.3 is 6.15 Å². The largest absolute Gasteiger partial charge is 0.344 e. The van der Waals surface area contributed by atoms with Crippen molar-refractivity contribution in [2.24, 2.45) is 0 Å². The molecule has 0 bridgehead atoms. The lowest BCUT2D eigenvalue weighted by atomic mass is 11.0. The van der Waals surface area contributed by atoms with E-state index in [1.165, 1.54) is 0 Å². The van der Waals surface area contributed by atoms with Crippen molar-refractivity contribution in [3.63, 3.8) is 0 Å². The highest BCUT2D eigenvalue weighted by molar-refractivity contribution is 14.2. The third-order valence-electron chi connectivity index (χ3n) is 0. The number of hydrogen-bond donors (Lipinski definition) is 1. The third-order valence-corrected chi connectivity index (χ3v) is 0. The summed E-state index contributed by atoms with van der Waals surface area (Å²) in [4.78, 5) is 0. The van der Waals surface area contributed by atoms with Crippen LogP contribution in [0, 0.1) is 0 Å². The van der Waals surface area contributed by atoms with Crippen molar-refractivity contribution in [1.82, 2.24) is 6.15 Å². The molecule has 3 heteroatoms. The lowest BCUT2D eigenvalue weighted by Crippen LogP contribution is -1.59. The lowest BCUT2D eigenvalue weighted by molar-refractivity contribution is 1.54. The van der Waals surface area contributed by atoms with E-state index in [0.29, 0.717) is 0 Å². The van der Waals surface area contributed by atoms with Crippen LogP contribution in [0.25, 0.3) is 0 Å². The van der Waals surface area contributed by atoms with Crippen LogP contribution in [-0.4, -0.2) is 1.93 Å². The fourth-order valence-electron chi connectivity index (χ4n) is 0. The first-order valence-corrected chi connectivity index (χ1v) is 3.51. The SMILES string of the molecule is CC(I)I.N.